The van der Waals surface area contributed by atoms with Crippen LogP contribution in [0, 0.1) is 13.8 Å². The van der Waals surface area contributed by atoms with Crippen molar-refractivity contribution in [3.8, 4) is 0 Å². The van der Waals surface area contributed by atoms with Crippen molar-refractivity contribution in [2.24, 2.45) is 0 Å². The van der Waals surface area contributed by atoms with E-state index in [1.165, 1.54) is 11.8 Å². The summed E-state index contributed by atoms with van der Waals surface area (Å²) in [6, 6.07) is 2.11. The van der Waals surface area contributed by atoms with Crippen molar-refractivity contribution < 1.29 is 9.53 Å². The van der Waals surface area contributed by atoms with Gasteiger partial charge in [0.25, 0.3) is 0 Å². The first-order valence-corrected chi connectivity index (χ1v) is 8.15. The van der Waals surface area contributed by atoms with Gasteiger partial charge >= 0.3 is 5.97 Å². The van der Waals surface area contributed by atoms with E-state index >= 15 is 0 Å². The van der Waals surface area contributed by atoms with Crippen LogP contribution < -0.4 is 5.32 Å². The highest BCUT2D eigenvalue weighted by atomic mass is 32.2. The van der Waals surface area contributed by atoms with E-state index in [4.69, 9.17) is 4.74 Å². The Morgan fingerprint density at radius 2 is 1.95 bits per heavy atom. The van der Waals surface area contributed by atoms with Crippen molar-refractivity contribution in [2.45, 2.75) is 58.3 Å². The minimum Gasteiger partial charge on any atom is -0.465 e. The van der Waals surface area contributed by atoms with Gasteiger partial charge in [-0.05, 0) is 47.6 Å². The highest BCUT2D eigenvalue weighted by Gasteiger charge is 2.35. The molecule has 0 aliphatic heterocycles. The SMILES string of the molecule is CCOC(=O)C(C)(CSc1nc(C)cc(C)n1)NC(C)C. The van der Waals surface area contributed by atoms with Gasteiger partial charge in [0.15, 0.2) is 5.16 Å². The first kappa shape index (κ1) is 17.9. The van der Waals surface area contributed by atoms with E-state index in [0.717, 1.165) is 11.4 Å². The first-order valence-electron chi connectivity index (χ1n) is 7.17. The number of carbonyl (C=O) groups is 1. The summed E-state index contributed by atoms with van der Waals surface area (Å²) in [5.74, 6) is 0.281. The van der Waals surface area contributed by atoms with Crippen LogP contribution in [0.3, 0.4) is 0 Å². The number of hydrogen-bond donors (Lipinski definition) is 1. The zero-order valence-electron chi connectivity index (χ0n) is 13.7. The van der Waals surface area contributed by atoms with Gasteiger partial charge in [-0.3, -0.25) is 10.1 Å². The monoisotopic (exact) mass is 311 g/mol. The summed E-state index contributed by atoms with van der Waals surface area (Å²) in [5.41, 5.74) is 1.11. The third-order valence-electron chi connectivity index (χ3n) is 2.78. The average Bonchev–Trinajstić information content (AvgIpc) is 2.35. The molecule has 0 aromatic carbocycles. The molecule has 6 heteroatoms. The molecule has 1 heterocycles. The number of aromatic nitrogens is 2. The van der Waals surface area contributed by atoms with Crippen LogP contribution >= 0.6 is 11.8 Å². The summed E-state index contributed by atoms with van der Waals surface area (Å²) in [6.07, 6.45) is 0. The minimum atomic E-state index is -0.754. The number of hydrogen-bond acceptors (Lipinski definition) is 6. The van der Waals surface area contributed by atoms with Gasteiger partial charge in [-0.1, -0.05) is 11.8 Å². The average molecular weight is 311 g/mol. The summed E-state index contributed by atoms with van der Waals surface area (Å²) in [4.78, 5) is 21.0. The zero-order valence-corrected chi connectivity index (χ0v) is 14.5. The van der Waals surface area contributed by atoms with Crippen molar-refractivity contribution >= 4 is 17.7 Å². The molecule has 1 atom stereocenters. The molecule has 1 aromatic heterocycles. The van der Waals surface area contributed by atoms with Gasteiger partial charge in [0.2, 0.25) is 0 Å². The number of aryl methyl sites for hydroxylation is 2. The quantitative estimate of drug-likeness (QED) is 0.474. The summed E-state index contributed by atoms with van der Waals surface area (Å²) < 4.78 is 5.19. The molecular formula is C15H25N3O2S. The van der Waals surface area contributed by atoms with Gasteiger partial charge in [-0.15, -0.1) is 0 Å². The largest absolute Gasteiger partial charge is 0.465 e. The molecule has 5 nitrogen and oxygen atoms in total. The Morgan fingerprint density at radius 3 is 2.43 bits per heavy atom. The molecule has 1 N–H and O–H groups in total. The van der Waals surface area contributed by atoms with Crippen molar-refractivity contribution in [2.75, 3.05) is 12.4 Å². The van der Waals surface area contributed by atoms with Crippen molar-refractivity contribution in [3.05, 3.63) is 17.5 Å². The Labute approximate surface area is 131 Å². The lowest BCUT2D eigenvalue weighted by molar-refractivity contribution is -0.149. The summed E-state index contributed by atoms with van der Waals surface area (Å²) in [5, 5.41) is 3.98. The van der Waals surface area contributed by atoms with Gasteiger partial charge in [0, 0.05) is 23.2 Å². The van der Waals surface area contributed by atoms with Crippen LogP contribution in [0.2, 0.25) is 0 Å². The van der Waals surface area contributed by atoms with Crippen LogP contribution in [0.1, 0.15) is 39.1 Å². The molecule has 0 saturated carbocycles. The van der Waals surface area contributed by atoms with Gasteiger partial charge in [-0.25, -0.2) is 9.97 Å². The van der Waals surface area contributed by atoms with Crippen molar-refractivity contribution in [1.29, 1.82) is 0 Å². The predicted molar refractivity (Wildman–Crippen MR) is 85.5 cm³/mol. The van der Waals surface area contributed by atoms with Crippen molar-refractivity contribution in [1.82, 2.24) is 15.3 Å². The number of carbonyl (C=O) groups excluding carboxylic acids is 1. The second-order valence-corrected chi connectivity index (χ2v) is 6.52. The highest BCUT2D eigenvalue weighted by Crippen LogP contribution is 2.22. The molecule has 118 valence electrons. The van der Waals surface area contributed by atoms with Gasteiger partial charge in [-0.2, -0.15) is 0 Å². The number of esters is 1. The number of rotatable bonds is 7. The molecule has 21 heavy (non-hydrogen) atoms. The minimum absolute atomic E-state index is 0.181. The van der Waals surface area contributed by atoms with Gasteiger partial charge < -0.3 is 4.74 Å². The molecule has 0 aliphatic carbocycles. The molecule has 0 radical (unpaired) electrons. The fourth-order valence-electron chi connectivity index (χ4n) is 2.05. The Bertz CT molecular complexity index is 474. The predicted octanol–water partition coefficient (Wildman–Crippen LogP) is 2.51. The number of ether oxygens (including phenoxy) is 1. The fourth-order valence-corrected chi connectivity index (χ4v) is 3.09. The number of nitrogens with zero attached hydrogens (tertiary/aromatic N) is 2. The van der Waals surface area contributed by atoms with E-state index in [-0.39, 0.29) is 12.0 Å². The molecule has 0 fully saturated rings. The smallest absolute Gasteiger partial charge is 0.326 e. The molecule has 0 bridgehead atoms. The van der Waals surface area contributed by atoms with Crippen LogP contribution in [-0.4, -0.2) is 39.9 Å². The fraction of sp³-hybridized carbons (Fsp3) is 0.667. The first-order chi connectivity index (χ1) is 9.76. The maximum atomic E-state index is 12.2. The molecule has 1 unspecified atom stereocenters. The van der Waals surface area contributed by atoms with Gasteiger partial charge in [0.05, 0.1) is 6.61 Å². The molecule has 0 spiro atoms. The highest BCUT2D eigenvalue weighted by molar-refractivity contribution is 7.99. The Morgan fingerprint density at radius 1 is 1.38 bits per heavy atom. The molecule has 0 amide bonds. The molecule has 0 aliphatic rings. The molecule has 1 rings (SSSR count). The maximum absolute atomic E-state index is 12.2. The zero-order chi connectivity index (χ0) is 16.0. The Hall–Kier alpha value is -1.14. The molecular weight excluding hydrogens is 286 g/mol. The summed E-state index contributed by atoms with van der Waals surface area (Å²) >= 11 is 1.47. The standard InChI is InChI=1S/C15H25N3O2S/c1-7-20-13(19)15(6,18-10(2)3)9-21-14-16-11(4)8-12(5)17-14/h8,10,18H,7,9H2,1-6H3. The van der Waals surface area contributed by atoms with Crippen LogP contribution in [0.5, 0.6) is 0 Å². The van der Waals surface area contributed by atoms with Crippen LogP contribution in [0.15, 0.2) is 11.2 Å². The lowest BCUT2D eigenvalue weighted by Crippen LogP contribution is -2.55. The van der Waals surface area contributed by atoms with Crippen LogP contribution in [0.4, 0.5) is 0 Å². The number of thioether (sulfide) groups is 1. The van der Waals surface area contributed by atoms with E-state index in [1.54, 1.807) is 0 Å². The Kier molecular flexibility index (Phi) is 6.61. The second-order valence-electron chi connectivity index (χ2n) is 5.57. The van der Waals surface area contributed by atoms with Crippen LogP contribution in [0.25, 0.3) is 0 Å². The molecule has 1 aromatic rings. The molecule has 0 saturated heterocycles. The number of nitrogens with one attached hydrogen (secondary N) is 1. The lowest BCUT2D eigenvalue weighted by Gasteiger charge is -2.30. The normalized spacial score (nSPS) is 14.0. The van der Waals surface area contributed by atoms with E-state index < -0.39 is 5.54 Å². The second kappa shape index (κ2) is 7.75. The van der Waals surface area contributed by atoms with Crippen molar-refractivity contribution in [3.63, 3.8) is 0 Å². The third-order valence-corrected chi connectivity index (χ3v) is 3.95. The van der Waals surface area contributed by atoms with Gasteiger partial charge in [0.1, 0.15) is 5.54 Å². The maximum Gasteiger partial charge on any atom is 0.326 e. The van der Waals surface area contributed by atoms with E-state index in [0.29, 0.717) is 17.5 Å². The summed E-state index contributed by atoms with van der Waals surface area (Å²) in [7, 11) is 0. The van der Waals surface area contributed by atoms with E-state index in [2.05, 4.69) is 15.3 Å². The van der Waals surface area contributed by atoms with E-state index in [1.807, 2.05) is 47.6 Å². The third kappa shape index (κ3) is 5.63. The topological polar surface area (TPSA) is 64.1 Å². The van der Waals surface area contributed by atoms with E-state index in [9.17, 15) is 4.79 Å². The van der Waals surface area contributed by atoms with Crippen LogP contribution in [-0.2, 0) is 9.53 Å². The summed E-state index contributed by atoms with van der Waals surface area (Å²) in [6.45, 7) is 11.9. The Balaban J connectivity index is 2.83. The lowest BCUT2D eigenvalue weighted by atomic mass is 10.0.